The molecule has 0 aliphatic heterocycles. The van der Waals surface area contributed by atoms with Gasteiger partial charge < -0.3 is 4.43 Å². The van der Waals surface area contributed by atoms with Gasteiger partial charge in [-0.2, -0.15) is 5.26 Å². The lowest BCUT2D eigenvalue weighted by molar-refractivity contribution is -0.0822. The Balaban J connectivity index is 2.49. The molecule has 0 spiro atoms. The smallest absolute Gasteiger partial charge is 0.185 e. The Morgan fingerprint density at radius 3 is 2.18 bits per heavy atom. The quantitative estimate of drug-likeness (QED) is 0.696. The SMILES string of the molecule is CC1(C)[C@@H]2CC[C@@](C)(C2)C1(C#N)O[Si](C)(C)C. The average Bonchev–Trinajstić information content (AvgIpc) is 2.61. The first-order valence-electron chi connectivity index (χ1n) is 6.69. The van der Waals surface area contributed by atoms with Crippen molar-refractivity contribution in [3.63, 3.8) is 0 Å². The Bertz CT molecular complexity index is 372. The maximum Gasteiger partial charge on any atom is 0.185 e. The van der Waals surface area contributed by atoms with Crippen molar-refractivity contribution in [2.24, 2.45) is 16.7 Å². The summed E-state index contributed by atoms with van der Waals surface area (Å²) < 4.78 is 6.47. The summed E-state index contributed by atoms with van der Waals surface area (Å²) in [4.78, 5) is 0. The molecule has 2 nitrogen and oxygen atoms in total. The van der Waals surface area contributed by atoms with Gasteiger partial charge in [0.2, 0.25) is 0 Å². The lowest BCUT2D eigenvalue weighted by atomic mass is 9.61. The number of fused-ring (bicyclic) bond motifs is 2. The van der Waals surface area contributed by atoms with E-state index in [2.05, 4.69) is 46.5 Å². The molecule has 0 aromatic rings. The van der Waals surface area contributed by atoms with Gasteiger partial charge in [0.1, 0.15) is 0 Å². The van der Waals surface area contributed by atoms with Gasteiger partial charge in [0.15, 0.2) is 13.9 Å². The molecule has 3 heteroatoms. The summed E-state index contributed by atoms with van der Waals surface area (Å²) >= 11 is 0. The van der Waals surface area contributed by atoms with Crippen LogP contribution in [0.2, 0.25) is 19.6 Å². The fourth-order valence-electron chi connectivity index (χ4n) is 4.26. The van der Waals surface area contributed by atoms with Crippen molar-refractivity contribution < 1.29 is 4.43 Å². The highest BCUT2D eigenvalue weighted by Gasteiger charge is 2.71. The van der Waals surface area contributed by atoms with Gasteiger partial charge in [-0.1, -0.05) is 20.8 Å². The minimum atomic E-state index is -1.71. The predicted molar refractivity (Wildman–Crippen MR) is 72.0 cm³/mol. The molecule has 0 radical (unpaired) electrons. The minimum absolute atomic E-state index is 0.00493. The maximum atomic E-state index is 9.85. The molecule has 0 N–H and O–H groups in total. The molecule has 96 valence electrons. The Labute approximate surface area is 106 Å². The molecule has 2 fully saturated rings. The van der Waals surface area contributed by atoms with E-state index in [4.69, 9.17) is 4.43 Å². The van der Waals surface area contributed by atoms with Crippen LogP contribution in [0.1, 0.15) is 40.0 Å². The fourth-order valence-corrected chi connectivity index (χ4v) is 5.73. The Hall–Kier alpha value is -0.333. The van der Waals surface area contributed by atoms with Crippen LogP contribution in [0.15, 0.2) is 0 Å². The van der Waals surface area contributed by atoms with Crippen LogP contribution in [0.4, 0.5) is 0 Å². The third kappa shape index (κ3) is 1.53. The first-order chi connectivity index (χ1) is 7.58. The molecule has 0 amide bonds. The molecule has 2 aliphatic rings. The van der Waals surface area contributed by atoms with Crippen molar-refractivity contribution in [3.05, 3.63) is 0 Å². The summed E-state index contributed by atoms with van der Waals surface area (Å²) in [6.45, 7) is 13.3. The molecule has 2 bridgehead atoms. The molecular formula is C14H25NOSi. The molecule has 2 aliphatic carbocycles. The van der Waals surface area contributed by atoms with Crippen LogP contribution in [0.25, 0.3) is 0 Å². The third-order valence-electron chi connectivity index (χ3n) is 5.14. The third-order valence-corrected chi connectivity index (χ3v) is 6.05. The van der Waals surface area contributed by atoms with Crippen LogP contribution in [0.5, 0.6) is 0 Å². The van der Waals surface area contributed by atoms with Crippen LogP contribution in [-0.4, -0.2) is 13.9 Å². The zero-order chi connectivity index (χ0) is 13.1. The number of rotatable bonds is 2. The molecule has 0 saturated heterocycles. The van der Waals surface area contributed by atoms with Gasteiger partial charge in [0, 0.05) is 10.8 Å². The van der Waals surface area contributed by atoms with Gasteiger partial charge in [-0.05, 0) is 44.8 Å². The molecule has 0 aromatic heterocycles. The lowest BCUT2D eigenvalue weighted by Gasteiger charge is -2.51. The second kappa shape index (κ2) is 3.36. The van der Waals surface area contributed by atoms with Crippen molar-refractivity contribution in [1.82, 2.24) is 0 Å². The highest BCUT2D eigenvalue weighted by Crippen LogP contribution is 2.69. The van der Waals surface area contributed by atoms with E-state index in [9.17, 15) is 5.26 Å². The number of hydrogen-bond acceptors (Lipinski definition) is 2. The van der Waals surface area contributed by atoms with Crippen LogP contribution in [0.3, 0.4) is 0 Å². The van der Waals surface area contributed by atoms with Crippen LogP contribution in [-0.2, 0) is 4.43 Å². The van der Waals surface area contributed by atoms with Gasteiger partial charge in [0.25, 0.3) is 0 Å². The van der Waals surface area contributed by atoms with Crippen LogP contribution >= 0.6 is 0 Å². The van der Waals surface area contributed by atoms with Gasteiger partial charge in [-0.25, -0.2) is 0 Å². The Morgan fingerprint density at radius 1 is 1.24 bits per heavy atom. The van der Waals surface area contributed by atoms with E-state index >= 15 is 0 Å². The second-order valence-corrected chi connectivity index (χ2v) is 12.2. The molecule has 2 rings (SSSR count). The standard InChI is InChI=1S/C14H25NOSi/c1-12(2)11-7-8-13(3,9-11)14(12,10-15)16-17(4,5)6/h11H,7-9H2,1-6H3/t11-,13+,14?/m1/s1. The summed E-state index contributed by atoms with van der Waals surface area (Å²) in [7, 11) is -1.71. The molecule has 0 heterocycles. The second-order valence-electron chi connectivity index (χ2n) is 7.73. The minimum Gasteiger partial charge on any atom is -0.399 e. The van der Waals surface area contributed by atoms with Crippen molar-refractivity contribution in [2.45, 2.75) is 65.3 Å². The number of nitrogens with zero attached hydrogens (tertiary/aromatic N) is 1. The summed E-state index contributed by atoms with van der Waals surface area (Å²) in [6, 6.07) is 2.61. The zero-order valence-electron chi connectivity index (χ0n) is 12.1. The maximum absolute atomic E-state index is 9.85. The van der Waals surface area contributed by atoms with E-state index in [1.165, 1.54) is 6.42 Å². The van der Waals surface area contributed by atoms with E-state index < -0.39 is 13.9 Å². The normalized spacial score (nSPS) is 43.7. The van der Waals surface area contributed by atoms with Gasteiger partial charge in [0.05, 0.1) is 6.07 Å². The predicted octanol–water partition coefficient (Wildman–Crippen LogP) is 3.95. The molecule has 3 atom stereocenters. The lowest BCUT2D eigenvalue weighted by Crippen LogP contribution is -2.58. The molecule has 1 unspecified atom stereocenters. The number of nitriles is 1. The largest absolute Gasteiger partial charge is 0.399 e. The van der Waals surface area contributed by atoms with Crippen molar-refractivity contribution in [3.8, 4) is 6.07 Å². The highest BCUT2D eigenvalue weighted by atomic mass is 28.4. The summed E-state index contributed by atoms with van der Waals surface area (Å²) in [5, 5.41) is 9.85. The van der Waals surface area contributed by atoms with E-state index in [1.807, 2.05) is 0 Å². The Kier molecular flexibility index (Phi) is 2.59. The number of hydrogen-bond donors (Lipinski definition) is 0. The zero-order valence-corrected chi connectivity index (χ0v) is 13.1. The fraction of sp³-hybridized carbons (Fsp3) is 0.929. The Morgan fingerprint density at radius 2 is 1.82 bits per heavy atom. The highest BCUT2D eigenvalue weighted by molar-refractivity contribution is 6.69. The van der Waals surface area contributed by atoms with Crippen molar-refractivity contribution in [2.75, 3.05) is 0 Å². The van der Waals surface area contributed by atoms with E-state index in [-0.39, 0.29) is 10.8 Å². The van der Waals surface area contributed by atoms with Crippen molar-refractivity contribution >= 4 is 8.32 Å². The van der Waals surface area contributed by atoms with E-state index in [1.54, 1.807) is 0 Å². The first kappa shape index (κ1) is 13.1. The molecule has 17 heavy (non-hydrogen) atoms. The summed E-state index contributed by atoms with van der Waals surface area (Å²) in [6.07, 6.45) is 3.58. The first-order valence-corrected chi connectivity index (χ1v) is 10.1. The van der Waals surface area contributed by atoms with Crippen LogP contribution < -0.4 is 0 Å². The topological polar surface area (TPSA) is 33.0 Å². The van der Waals surface area contributed by atoms with Gasteiger partial charge in [-0.3, -0.25) is 0 Å². The van der Waals surface area contributed by atoms with E-state index in [0.717, 1.165) is 12.8 Å². The van der Waals surface area contributed by atoms with Crippen LogP contribution in [0, 0.1) is 28.1 Å². The average molecular weight is 251 g/mol. The summed E-state index contributed by atoms with van der Waals surface area (Å²) in [5.41, 5.74) is -0.501. The summed E-state index contributed by atoms with van der Waals surface area (Å²) in [5.74, 6) is 0.656. The molecule has 2 saturated carbocycles. The molecule has 0 aromatic carbocycles. The monoisotopic (exact) mass is 251 g/mol. The van der Waals surface area contributed by atoms with Gasteiger partial charge in [-0.15, -0.1) is 0 Å². The van der Waals surface area contributed by atoms with Crippen molar-refractivity contribution in [1.29, 1.82) is 5.26 Å². The van der Waals surface area contributed by atoms with E-state index in [0.29, 0.717) is 5.92 Å². The van der Waals surface area contributed by atoms with Gasteiger partial charge >= 0.3 is 0 Å². The molecular weight excluding hydrogens is 226 g/mol.